The Hall–Kier alpha value is -2.65. The summed E-state index contributed by atoms with van der Waals surface area (Å²) in [5.41, 5.74) is 11.1. The molecule has 1 fully saturated rings. The van der Waals surface area contributed by atoms with Crippen LogP contribution >= 0.6 is 45.1 Å². The molecule has 53 heavy (non-hydrogen) atoms. The molecule has 0 bridgehead atoms. The van der Waals surface area contributed by atoms with Crippen LogP contribution in [0.25, 0.3) is 11.0 Å². The Kier molecular flexibility index (Phi) is 14.5. The van der Waals surface area contributed by atoms with Gasteiger partial charge in [-0.2, -0.15) is 13.6 Å². The van der Waals surface area contributed by atoms with Crippen molar-refractivity contribution >= 4 is 67.7 Å². The monoisotopic (exact) mass is 844 g/mol. The molecule has 1 aliphatic rings. The van der Waals surface area contributed by atoms with Crippen LogP contribution in [-0.4, -0.2) is 81.7 Å². The number of phosphoric ester groups is 1. The molecule has 0 amide bonds. The number of hydrogen-bond donors (Lipinski definition) is 7. The van der Waals surface area contributed by atoms with Crippen molar-refractivity contribution in [3.63, 3.8) is 0 Å². The lowest BCUT2D eigenvalue weighted by molar-refractivity contribution is -0.386. The smallest absolute Gasteiger partial charge is 0.370 e. The molecule has 292 valence electrons. The first kappa shape index (κ1) is 43.1. The number of rotatable bonds is 18. The summed E-state index contributed by atoms with van der Waals surface area (Å²) < 4.78 is 66.5. The molecule has 1 saturated heterocycles. The molecule has 5 atom stereocenters. The minimum absolute atomic E-state index is 0.00767. The molecule has 0 aliphatic carbocycles. The number of aromatic nitrogens is 3. The average molecular weight is 845 g/mol. The Morgan fingerprint density at radius 1 is 1.19 bits per heavy atom. The molecule has 1 aromatic carbocycles. The summed E-state index contributed by atoms with van der Waals surface area (Å²) in [6, 6.07) is 5.69. The summed E-state index contributed by atoms with van der Waals surface area (Å²) >= 11 is 0. The molecule has 0 radical (unpaired) electrons. The molecule has 22 nitrogen and oxygen atoms in total. The van der Waals surface area contributed by atoms with E-state index in [1.54, 1.807) is 16.9 Å². The van der Waals surface area contributed by atoms with E-state index in [1.165, 1.54) is 39.8 Å². The number of nitrogens with one attached hydrogen (secondary N) is 1. The molecule has 1 aliphatic heterocycles. The zero-order chi connectivity index (χ0) is 39.2. The number of aromatic amines is 1. The number of nitrogens with zero attached hydrogens (tertiary/aromatic N) is 3. The molecular formula is C26H35N6O16P3S2. The van der Waals surface area contributed by atoms with Gasteiger partial charge in [0.1, 0.15) is 24.9 Å². The van der Waals surface area contributed by atoms with E-state index in [0.717, 1.165) is 0 Å². The molecule has 3 heterocycles. The van der Waals surface area contributed by atoms with Gasteiger partial charge >= 0.3 is 23.5 Å². The quantitative estimate of drug-likeness (QED) is 0.0184. The lowest BCUT2D eigenvalue weighted by atomic mass is 10.1. The number of H-pyrrole nitrogens is 1. The molecule has 2 unspecified atom stereocenters. The van der Waals surface area contributed by atoms with Gasteiger partial charge in [-0.15, -0.1) is 0 Å². The molecule has 0 saturated carbocycles. The molecule has 9 N–H and O–H groups in total. The predicted molar refractivity (Wildman–Crippen MR) is 191 cm³/mol. The van der Waals surface area contributed by atoms with Crippen molar-refractivity contribution in [3.8, 4) is 11.8 Å². The number of ether oxygens (including phenoxy) is 3. The van der Waals surface area contributed by atoms with Crippen LogP contribution in [0, 0.1) is 22.0 Å². The van der Waals surface area contributed by atoms with E-state index >= 15 is 0 Å². The highest BCUT2D eigenvalue weighted by Gasteiger charge is 2.44. The second-order valence-corrected chi connectivity index (χ2v) is 18.9. The Bertz CT molecular complexity index is 2070. The van der Waals surface area contributed by atoms with Gasteiger partial charge in [-0.25, -0.2) is 13.7 Å². The zero-order valence-corrected chi connectivity index (χ0v) is 32.0. The van der Waals surface area contributed by atoms with Gasteiger partial charge < -0.3 is 49.8 Å². The van der Waals surface area contributed by atoms with Gasteiger partial charge in [0.15, 0.2) is 5.65 Å². The van der Waals surface area contributed by atoms with Crippen LogP contribution in [0.15, 0.2) is 35.3 Å². The lowest BCUT2D eigenvalue weighted by Gasteiger charge is -2.21. The summed E-state index contributed by atoms with van der Waals surface area (Å²) in [7, 11) is -14.0. The SMILES string of the molecule is CC(C)(CN)SSCOCC#Cc1cn([C@H]2C[C@@H](OCc3ccccc3[N+](=O)[O-])[C@@H](COP(=O)(O)OP(=O)(O)OP(=O)(O)O)O2)c2nc(N)[nH]c(=O)c12. The fraction of sp³-hybridized carbons (Fsp3) is 0.462. The number of fused-ring (bicyclic) bond motifs is 1. The second kappa shape index (κ2) is 17.9. The van der Waals surface area contributed by atoms with E-state index in [-0.39, 0.29) is 58.2 Å². The Morgan fingerprint density at radius 3 is 2.58 bits per heavy atom. The highest BCUT2D eigenvalue weighted by atomic mass is 33.1. The predicted octanol–water partition coefficient (Wildman–Crippen LogP) is 2.88. The van der Waals surface area contributed by atoms with E-state index < -0.39 is 59.0 Å². The molecule has 4 rings (SSSR count). The number of para-hydroxylation sites is 1. The second-order valence-electron chi connectivity index (χ2n) is 11.5. The fourth-order valence-corrected chi connectivity index (χ4v) is 9.76. The standard InChI is InChI=1S/C26H35N6O16P3S2/c1-26(2,14-27)53-52-15-43-9-5-7-16-11-31(23-22(16)24(33)30-25(28)29-23)21-10-19(44-12-17-6-3-4-8-18(17)32(34)35)20(46-21)13-45-50(39,40)48-51(41,42)47-49(36,37)38/h3-4,6,8,11,19-21H,9-10,12-15,27H2,1-2H3,(H,39,40)(H,41,42)(H2,36,37,38)(H3,28,29,30,33)/t19-,20-,21-/m1/s1. The van der Waals surface area contributed by atoms with Gasteiger partial charge in [-0.05, 0) is 19.9 Å². The van der Waals surface area contributed by atoms with Crippen molar-refractivity contribution in [1.29, 1.82) is 0 Å². The lowest BCUT2D eigenvalue weighted by Crippen LogP contribution is -2.29. The first-order valence-electron chi connectivity index (χ1n) is 14.9. The maximum absolute atomic E-state index is 13.0. The van der Waals surface area contributed by atoms with Gasteiger partial charge in [0.25, 0.3) is 11.2 Å². The Morgan fingerprint density at radius 2 is 1.91 bits per heavy atom. The largest absolute Gasteiger partial charge is 0.490 e. The number of nitro groups is 1. The minimum Gasteiger partial charge on any atom is -0.370 e. The average Bonchev–Trinajstić information content (AvgIpc) is 3.61. The molecule has 27 heteroatoms. The number of anilines is 1. The van der Waals surface area contributed by atoms with E-state index in [9.17, 15) is 38.4 Å². The first-order chi connectivity index (χ1) is 24.7. The third-order valence-corrected chi connectivity index (χ3v) is 13.8. The van der Waals surface area contributed by atoms with Crippen molar-refractivity contribution in [3.05, 3.63) is 62.1 Å². The number of nitro benzene ring substituents is 1. The Balaban J connectivity index is 1.59. The number of hydrogen-bond acceptors (Lipinski definition) is 17. The normalized spacial score (nSPS) is 20.1. The van der Waals surface area contributed by atoms with Crippen LogP contribution in [-0.2, 0) is 47.7 Å². The van der Waals surface area contributed by atoms with Gasteiger partial charge in [0, 0.05) is 30.0 Å². The molecular weight excluding hydrogens is 809 g/mol. The highest BCUT2D eigenvalue weighted by Crippen LogP contribution is 2.66. The van der Waals surface area contributed by atoms with Crippen LogP contribution < -0.4 is 17.0 Å². The first-order valence-corrected chi connectivity index (χ1v) is 21.8. The van der Waals surface area contributed by atoms with Crippen molar-refractivity contribution < 1.29 is 65.5 Å². The third-order valence-electron chi connectivity index (χ3n) is 6.96. The van der Waals surface area contributed by atoms with E-state index in [1.807, 2.05) is 13.8 Å². The fourth-order valence-electron chi connectivity index (χ4n) is 4.64. The van der Waals surface area contributed by atoms with Crippen LogP contribution in [0.4, 0.5) is 11.6 Å². The molecule has 2 aromatic heterocycles. The van der Waals surface area contributed by atoms with E-state index in [4.69, 9.17) is 40.0 Å². The van der Waals surface area contributed by atoms with Gasteiger partial charge in [0.2, 0.25) is 5.95 Å². The topological polar surface area (TPSA) is 333 Å². The van der Waals surface area contributed by atoms with Gasteiger partial charge in [-0.3, -0.25) is 24.4 Å². The summed E-state index contributed by atoms with van der Waals surface area (Å²) in [6.45, 7) is 3.22. The maximum atomic E-state index is 13.0. The molecule has 0 spiro atoms. The van der Waals surface area contributed by atoms with Crippen molar-refractivity contribution in [1.82, 2.24) is 14.5 Å². The number of nitrogen functional groups attached to an aromatic ring is 1. The number of nitrogens with two attached hydrogens (primary N) is 2. The third kappa shape index (κ3) is 12.7. The van der Waals surface area contributed by atoms with Gasteiger partial charge in [-0.1, -0.05) is 45.6 Å². The Labute approximate surface area is 308 Å². The summed E-state index contributed by atoms with van der Waals surface area (Å²) in [5, 5.41) is 11.6. The molecule has 3 aromatic rings. The van der Waals surface area contributed by atoms with Crippen LogP contribution in [0.2, 0.25) is 0 Å². The van der Waals surface area contributed by atoms with Gasteiger partial charge in [0.05, 0.1) is 40.8 Å². The number of benzene rings is 1. The maximum Gasteiger partial charge on any atom is 0.490 e. The summed E-state index contributed by atoms with van der Waals surface area (Å²) in [5.74, 6) is 5.77. The highest BCUT2D eigenvalue weighted by molar-refractivity contribution is 8.77. The van der Waals surface area contributed by atoms with E-state index in [2.05, 4.69) is 30.4 Å². The summed E-state index contributed by atoms with van der Waals surface area (Å²) in [6.07, 6.45) is -2.10. The van der Waals surface area contributed by atoms with Crippen molar-refractivity contribution in [2.45, 2.75) is 50.1 Å². The zero-order valence-electron chi connectivity index (χ0n) is 27.7. The van der Waals surface area contributed by atoms with Crippen LogP contribution in [0.1, 0.15) is 37.6 Å². The van der Waals surface area contributed by atoms with Crippen LogP contribution in [0.5, 0.6) is 0 Å². The van der Waals surface area contributed by atoms with Crippen molar-refractivity contribution in [2.75, 3.05) is 31.4 Å². The summed E-state index contributed by atoms with van der Waals surface area (Å²) in [4.78, 5) is 67.8. The van der Waals surface area contributed by atoms with Crippen LogP contribution in [0.3, 0.4) is 0 Å². The van der Waals surface area contributed by atoms with Crippen molar-refractivity contribution in [2.24, 2.45) is 5.73 Å². The number of phosphoric acid groups is 3. The minimum atomic E-state index is -5.82. The van der Waals surface area contributed by atoms with E-state index in [0.29, 0.717) is 12.5 Å².